The Balaban J connectivity index is 2.65. The van der Waals surface area contributed by atoms with Gasteiger partial charge in [0.2, 0.25) is 5.91 Å². The van der Waals surface area contributed by atoms with E-state index in [0.29, 0.717) is 10.0 Å². The average molecular weight is 303 g/mol. The Kier molecular flexibility index (Phi) is 6.11. The van der Waals surface area contributed by atoms with Crippen LogP contribution in [0.15, 0.2) is 18.2 Å². The number of hydrogen-bond acceptors (Lipinski definition) is 2. The van der Waals surface area contributed by atoms with Gasteiger partial charge in [0.05, 0.1) is 16.1 Å². The summed E-state index contributed by atoms with van der Waals surface area (Å²) in [5.74, 6) is -0.0121. The molecule has 0 bridgehead atoms. The maximum absolute atomic E-state index is 11.8. The molecule has 0 saturated carbocycles. The van der Waals surface area contributed by atoms with Crippen LogP contribution in [0.25, 0.3) is 0 Å². The molecule has 0 saturated heterocycles. The van der Waals surface area contributed by atoms with Crippen LogP contribution >= 0.6 is 23.2 Å². The molecule has 2 N–H and O–H groups in total. The molecule has 0 aliphatic heterocycles. The molecule has 0 radical (unpaired) electrons. The van der Waals surface area contributed by atoms with E-state index in [1.807, 2.05) is 39.8 Å². The highest BCUT2D eigenvalue weighted by atomic mass is 35.5. The van der Waals surface area contributed by atoms with E-state index in [0.717, 1.165) is 5.56 Å². The zero-order valence-electron chi connectivity index (χ0n) is 11.6. The Hall–Kier alpha value is -0.770. The molecule has 1 aromatic carbocycles. The first kappa shape index (κ1) is 16.3. The van der Waals surface area contributed by atoms with Gasteiger partial charge in [0.15, 0.2) is 0 Å². The van der Waals surface area contributed by atoms with E-state index in [1.54, 1.807) is 6.07 Å². The molecular formula is C14H20Cl2N2O. The molecule has 5 heteroatoms. The minimum atomic E-state index is -0.271. The molecule has 1 aromatic rings. The van der Waals surface area contributed by atoms with Gasteiger partial charge < -0.3 is 5.32 Å². The van der Waals surface area contributed by atoms with Crippen LogP contribution in [0.1, 0.15) is 39.3 Å². The van der Waals surface area contributed by atoms with Gasteiger partial charge in [-0.25, -0.2) is 0 Å². The number of hydrogen-bond donors (Lipinski definition) is 2. The fourth-order valence-corrected chi connectivity index (χ4v) is 2.04. The molecule has 1 rings (SSSR count). The van der Waals surface area contributed by atoms with E-state index < -0.39 is 0 Å². The highest BCUT2D eigenvalue weighted by molar-refractivity contribution is 6.42. The van der Waals surface area contributed by atoms with Crippen LogP contribution in [0.5, 0.6) is 0 Å². The first-order valence-electron chi connectivity index (χ1n) is 6.32. The quantitative estimate of drug-likeness (QED) is 0.873. The fraction of sp³-hybridized carbons (Fsp3) is 0.500. The minimum Gasteiger partial charge on any atom is -0.353 e. The average Bonchev–Trinajstić information content (AvgIpc) is 2.31. The number of benzene rings is 1. The summed E-state index contributed by atoms with van der Waals surface area (Å²) >= 11 is 11.9. The Morgan fingerprint density at radius 2 is 1.74 bits per heavy atom. The molecule has 106 valence electrons. The summed E-state index contributed by atoms with van der Waals surface area (Å²) in [6, 6.07) is 5.36. The topological polar surface area (TPSA) is 41.1 Å². The lowest BCUT2D eigenvalue weighted by atomic mass is 10.1. The third-order valence-corrected chi connectivity index (χ3v) is 3.51. The van der Waals surface area contributed by atoms with Crippen molar-refractivity contribution in [1.82, 2.24) is 10.6 Å². The summed E-state index contributed by atoms with van der Waals surface area (Å²) in [6.45, 7) is 7.70. The van der Waals surface area contributed by atoms with E-state index >= 15 is 0 Å². The van der Waals surface area contributed by atoms with Gasteiger partial charge in [-0.1, -0.05) is 29.3 Å². The van der Waals surface area contributed by atoms with Gasteiger partial charge in [0.1, 0.15) is 0 Å². The second kappa shape index (κ2) is 7.13. The van der Waals surface area contributed by atoms with Crippen LogP contribution in [0, 0.1) is 0 Å². The molecule has 3 nitrogen and oxygen atoms in total. The normalized spacial score (nSPS) is 14.3. The van der Waals surface area contributed by atoms with Gasteiger partial charge in [-0.15, -0.1) is 0 Å². The van der Waals surface area contributed by atoms with Gasteiger partial charge in [-0.2, -0.15) is 0 Å². The number of carbonyl (C=O) groups is 1. The van der Waals surface area contributed by atoms with Crippen LogP contribution in [0.3, 0.4) is 0 Å². The summed E-state index contributed by atoms with van der Waals surface area (Å²) in [6.07, 6.45) is 0. The molecule has 2 atom stereocenters. The maximum atomic E-state index is 11.8. The van der Waals surface area contributed by atoms with E-state index in [2.05, 4.69) is 10.6 Å². The Labute approximate surface area is 124 Å². The first-order valence-corrected chi connectivity index (χ1v) is 7.08. The minimum absolute atomic E-state index is 0.0121. The van der Waals surface area contributed by atoms with Crippen LogP contribution < -0.4 is 10.6 Å². The molecule has 0 fully saturated rings. The van der Waals surface area contributed by atoms with Crippen molar-refractivity contribution in [3.8, 4) is 0 Å². The Morgan fingerprint density at radius 3 is 2.26 bits per heavy atom. The van der Waals surface area contributed by atoms with Crippen LogP contribution in [-0.4, -0.2) is 18.0 Å². The number of nitrogens with one attached hydrogen (secondary N) is 2. The van der Waals surface area contributed by atoms with E-state index in [1.165, 1.54) is 0 Å². The molecule has 1 amide bonds. The second-order valence-corrected chi connectivity index (χ2v) is 5.76. The summed E-state index contributed by atoms with van der Waals surface area (Å²) in [4.78, 5) is 11.8. The van der Waals surface area contributed by atoms with Crippen molar-refractivity contribution in [2.75, 3.05) is 0 Å². The molecule has 0 spiro atoms. The van der Waals surface area contributed by atoms with Crippen LogP contribution in [0.4, 0.5) is 0 Å². The summed E-state index contributed by atoms with van der Waals surface area (Å²) < 4.78 is 0. The lowest BCUT2D eigenvalue weighted by Gasteiger charge is -2.21. The van der Waals surface area contributed by atoms with Gasteiger partial charge >= 0.3 is 0 Å². The lowest BCUT2D eigenvalue weighted by molar-refractivity contribution is -0.123. The zero-order valence-corrected chi connectivity index (χ0v) is 13.1. The summed E-state index contributed by atoms with van der Waals surface area (Å²) in [7, 11) is 0. The fourth-order valence-electron chi connectivity index (χ4n) is 1.74. The van der Waals surface area contributed by atoms with Crippen molar-refractivity contribution in [3.63, 3.8) is 0 Å². The van der Waals surface area contributed by atoms with Gasteiger partial charge in [-0.05, 0) is 45.4 Å². The number of amides is 1. The second-order valence-electron chi connectivity index (χ2n) is 4.95. The third-order valence-electron chi connectivity index (χ3n) is 2.77. The maximum Gasteiger partial charge on any atom is 0.237 e. The van der Waals surface area contributed by atoms with Crippen molar-refractivity contribution in [3.05, 3.63) is 33.8 Å². The van der Waals surface area contributed by atoms with Gasteiger partial charge in [0, 0.05) is 12.1 Å². The van der Waals surface area contributed by atoms with E-state index in [9.17, 15) is 4.79 Å². The molecule has 2 unspecified atom stereocenters. The largest absolute Gasteiger partial charge is 0.353 e. The smallest absolute Gasteiger partial charge is 0.237 e. The molecule has 0 aliphatic rings. The standard InChI is InChI=1S/C14H20Cl2N2O/c1-8(2)17-14(19)10(4)18-9(3)11-5-6-12(15)13(16)7-11/h5-10,18H,1-4H3,(H,17,19). The van der Waals surface area contributed by atoms with Crippen molar-refractivity contribution in [2.45, 2.75) is 45.8 Å². The first-order chi connectivity index (χ1) is 8.81. The molecule has 19 heavy (non-hydrogen) atoms. The van der Waals surface area contributed by atoms with Crippen LogP contribution in [-0.2, 0) is 4.79 Å². The zero-order chi connectivity index (χ0) is 14.6. The van der Waals surface area contributed by atoms with Gasteiger partial charge in [-0.3, -0.25) is 10.1 Å². The number of rotatable bonds is 5. The predicted octanol–water partition coefficient (Wildman–Crippen LogP) is 3.56. The van der Waals surface area contributed by atoms with E-state index in [-0.39, 0.29) is 24.0 Å². The van der Waals surface area contributed by atoms with Crippen molar-refractivity contribution >= 4 is 29.1 Å². The highest BCUT2D eigenvalue weighted by Crippen LogP contribution is 2.25. The van der Waals surface area contributed by atoms with Crippen molar-refractivity contribution in [1.29, 1.82) is 0 Å². The highest BCUT2D eigenvalue weighted by Gasteiger charge is 2.17. The SMILES string of the molecule is CC(C)NC(=O)C(C)NC(C)c1ccc(Cl)c(Cl)c1. The summed E-state index contributed by atoms with van der Waals surface area (Å²) in [5, 5.41) is 7.16. The molecule has 0 heterocycles. The van der Waals surface area contributed by atoms with E-state index in [4.69, 9.17) is 23.2 Å². The monoisotopic (exact) mass is 302 g/mol. The Bertz CT molecular complexity index is 449. The summed E-state index contributed by atoms with van der Waals surface area (Å²) in [5.41, 5.74) is 0.999. The third kappa shape index (κ3) is 5.01. The molecule has 0 aliphatic carbocycles. The lowest BCUT2D eigenvalue weighted by Crippen LogP contribution is -2.45. The molecular weight excluding hydrogens is 283 g/mol. The predicted molar refractivity (Wildman–Crippen MR) is 80.8 cm³/mol. The Morgan fingerprint density at radius 1 is 1.11 bits per heavy atom. The van der Waals surface area contributed by atoms with Gasteiger partial charge in [0.25, 0.3) is 0 Å². The molecule has 0 aromatic heterocycles. The van der Waals surface area contributed by atoms with Crippen LogP contribution in [0.2, 0.25) is 10.0 Å². The number of carbonyl (C=O) groups excluding carboxylic acids is 1. The number of halogens is 2. The van der Waals surface area contributed by atoms with Crippen molar-refractivity contribution < 1.29 is 4.79 Å². The van der Waals surface area contributed by atoms with Crippen molar-refractivity contribution in [2.24, 2.45) is 0 Å².